The van der Waals surface area contributed by atoms with E-state index < -0.39 is 0 Å². The van der Waals surface area contributed by atoms with Crippen molar-refractivity contribution >= 4 is 0 Å². The zero-order valence-corrected chi connectivity index (χ0v) is 6.68. The van der Waals surface area contributed by atoms with Gasteiger partial charge in [0.25, 0.3) is 0 Å². The lowest BCUT2D eigenvalue weighted by atomic mass is 10.2. The van der Waals surface area contributed by atoms with E-state index in [1.807, 2.05) is 12.2 Å². The quantitative estimate of drug-likeness (QED) is 0.407. The summed E-state index contributed by atoms with van der Waals surface area (Å²) in [5.41, 5.74) is 0. The van der Waals surface area contributed by atoms with Crippen molar-refractivity contribution in [3.05, 3.63) is 24.8 Å². The molecule has 58 valence electrons. The van der Waals surface area contributed by atoms with Gasteiger partial charge in [0.15, 0.2) is 0 Å². The summed E-state index contributed by atoms with van der Waals surface area (Å²) in [6, 6.07) is 0. The summed E-state index contributed by atoms with van der Waals surface area (Å²) >= 11 is 0. The van der Waals surface area contributed by atoms with Gasteiger partial charge in [-0.3, -0.25) is 0 Å². The summed E-state index contributed by atoms with van der Waals surface area (Å²) in [4.78, 5) is 0. The van der Waals surface area contributed by atoms with Crippen LogP contribution in [0.4, 0.5) is 0 Å². The Hall–Kier alpha value is -0.560. The molecule has 0 aliphatic rings. The van der Waals surface area contributed by atoms with Crippen molar-refractivity contribution in [2.45, 2.75) is 19.3 Å². The van der Waals surface area contributed by atoms with Gasteiger partial charge in [-0.25, -0.2) is 0 Å². The Morgan fingerprint density at radius 1 is 1.30 bits per heavy atom. The van der Waals surface area contributed by atoms with E-state index >= 15 is 0 Å². The average Bonchev–Trinajstić information content (AvgIpc) is 1.97. The molecule has 0 saturated heterocycles. The van der Waals surface area contributed by atoms with Crippen LogP contribution < -0.4 is 0 Å². The number of unbranched alkanes of at least 4 members (excludes halogenated alkanes) is 2. The van der Waals surface area contributed by atoms with E-state index in [0.29, 0.717) is 0 Å². The summed E-state index contributed by atoms with van der Waals surface area (Å²) in [6.45, 7) is 4.38. The Labute approximate surface area is 63.4 Å². The molecule has 0 heterocycles. The standard InChI is InChI=1S/C9H16O/c1-3-4-5-6-7-8-9-10-2/h3,7-8H,1,4-6,9H2,2H3/b8-7-. The molecule has 0 aromatic carbocycles. The van der Waals surface area contributed by atoms with Crippen LogP contribution in [0, 0.1) is 0 Å². The molecule has 1 heteroatoms. The maximum Gasteiger partial charge on any atom is 0.0643 e. The van der Waals surface area contributed by atoms with Crippen LogP contribution in [0.25, 0.3) is 0 Å². The molecule has 0 bridgehead atoms. The Balaban J connectivity index is 2.94. The van der Waals surface area contributed by atoms with Crippen molar-refractivity contribution in [2.75, 3.05) is 13.7 Å². The van der Waals surface area contributed by atoms with Gasteiger partial charge in [0.2, 0.25) is 0 Å². The lowest BCUT2D eigenvalue weighted by Crippen LogP contribution is -1.79. The molecule has 0 spiro atoms. The maximum atomic E-state index is 4.84. The van der Waals surface area contributed by atoms with Crippen LogP contribution in [0.1, 0.15) is 19.3 Å². The van der Waals surface area contributed by atoms with Gasteiger partial charge in [-0.2, -0.15) is 0 Å². The Kier molecular flexibility index (Phi) is 7.97. The zero-order chi connectivity index (χ0) is 7.66. The average molecular weight is 140 g/mol. The molecule has 0 aliphatic heterocycles. The van der Waals surface area contributed by atoms with Gasteiger partial charge in [0.05, 0.1) is 6.61 Å². The predicted molar refractivity (Wildman–Crippen MR) is 45.1 cm³/mol. The third-order valence-corrected chi connectivity index (χ3v) is 1.21. The van der Waals surface area contributed by atoms with Crippen molar-refractivity contribution in [3.8, 4) is 0 Å². The Morgan fingerprint density at radius 3 is 2.70 bits per heavy atom. The number of methoxy groups -OCH3 is 1. The molecule has 0 aromatic rings. The van der Waals surface area contributed by atoms with E-state index in [9.17, 15) is 0 Å². The SMILES string of the molecule is C=CCCC/C=C\COC. The molecule has 0 N–H and O–H groups in total. The fraction of sp³-hybridized carbons (Fsp3) is 0.556. The molecule has 0 atom stereocenters. The van der Waals surface area contributed by atoms with Crippen molar-refractivity contribution in [1.82, 2.24) is 0 Å². The summed E-state index contributed by atoms with van der Waals surface area (Å²) < 4.78 is 4.84. The van der Waals surface area contributed by atoms with Crippen molar-refractivity contribution in [3.63, 3.8) is 0 Å². The van der Waals surface area contributed by atoms with Crippen molar-refractivity contribution < 1.29 is 4.74 Å². The fourth-order valence-electron chi connectivity index (χ4n) is 0.662. The van der Waals surface area contributed by atoms with Crippen LogP contribution in [0.3, 0.4) is 0 Å². The van der Waals surface area contributed by atoms with Crippen LogP contribution in [0.5, 0.6) is 0 Å². The first kappa shape index (κ1) is 9.44. The topological polar surface area (TPSA) is 9.23 Å². The highest BCUT2D eigenvalue weighted by Crippen LogP contribution is 1.96. The minimum atomic E-state index is 0.730. The highest BCUT2D eigenvalue weighted by atomic mass is 16.5. The predicted octanol–water partition coefficient (Wildman–Crippen LogP) is 2.55. The minimum Gasteiger partial charge on any atom is -0.381 e. The normalized spacial score (nSPS) is 10.5. The zero-order valence-electron chi connectivity index (χ0n) is 6.68. The van der Waals surface area contributed by atoms with Crippen LogP contribution in [-0.4, -0.2) is 13.7 Å². The van der Waals surface area contributed by atoms with E-state index in [4.69, 9.17) is 4.74 Å². The van der Waals surface area contributed by atoms with Gasteiger partial charge in [0.1, 0.15) is 0 Å². The second kappa shape index (κ2) is 8.44. The van der Waals surface area contributed by atoms with Gasteiger partial charge in [-0.05, 0) is 19.3 Å². The van der Waals surface area contributed by atoms with Gasteiger partial charge in [-0.15, -0.1) is 6.58 Å². The van der Waals surface area contributed by atoms with Crippen LogP contribution in [0.15, 0.2) is 24.8 Å². The Bertz CT molecular complexity index is 94.9. The third-order valence-electron chi connectivity index (χ3n) is 1.21. The highest BCUT2D eigenvalue weighted by Gasteiger charge is 1.77. The van der Waals surface area contributed by atoms with E-state index in [-0.39, 0.29) is 0 Å². The smallest absolute Gasteiger partial charge is 0.0643 e. The number of rotatable bonds is 6. The summed E-state index contributed by atoms with van der Waals surface area (Å²) in [7, 11) is 1.70. The third kappa shape index (κ3) is 7.44. The van der Waals surface area contributed by atoms with E-state index in [1.165, 1.54) is 6.42 Å². The monoisotopic (exact) mass is 140 g/mol. The molecular formula is C9H16O. The molecule has 10 heavy (non-hydrogen) atoms. The van der Waals surface area contributed by atoms with Crippen LogP contribution in [-0.2, 0) is 4.74 Å². The molecule has 0 fully saturated rings. The molecule has 0 saturated carbocycles. The molecular weight excluding hydrogens is 124 g/mol. The number of allylic oxidation sites excluding steroid dienone is 2. The van der Waals surface area contributed by atoms with Crippen LogP contribution >= 0.6 is 0 Å². The van der Waals surface area contributed by atoms with Gasteiger partial charge < -0.3 is 4.74 Å². The fourth-order valence-corrected chi connectivity index (χ4v) is 0.662. The van der Waals surface area contributed by atoms with E-state index in [2.05, 4.69) is 12.7 Å². The summed E-state index contributed by atoms with van der Waals surface area (Å²) in [5, 5.41) is 0. The first-order valence-corrected chi connectivity index (χ1v) is 3.66. The van der Waals surface area contributed by atoms with Gasteiger partial charge in [-0.1, -0.05) is 18.2 Å². The lowest BCUT2D eigenvalue weighted by molar-refractivity contribution is 0.233. The molecule has 0 amide bonds. The first-order valence-electron chi connectivity index (χ1n) is 3.66. The van der Waals surface area contributed by atoms with Gasteiger partial charge in [0, 0.05) is 7.11 Å². The molecule has 0 aromatic heterocycles. The number of ether oxygens (including phenoxy) is 1. The van der Waals surface area contributed by atoms with E-state index in [1.54, 1.807) is 7.11 Å². The molecule has 0 rings (SSSR count). The van der Waals surface area contributed by atoms with E-state index in [0.717, 1.165) is 19.4 Å². The molecule has 1 nitrogen and oxygen atoms in total. The minimum absolute atomic E-state index is 0.730. The lowest BCUT2D eigenvalue weighted by Gasteiger charge is -1.89. The Morgan fingerprint density at radius 2 is 2.10 bits per heavy atom. The first-order chi connectivity index (χ1) is 4.91. The summed E-state index contributed by atoms with van der Waals surface area (Å²) in [6.07, 6.45) is 9.58. The molecule has 0 aliphatic carbocycles. The van der Waals surface area contributed by atoms with Crippen LogP contribution in [0.2, 0.25) is 0 Å². The number of hydrogen-bond donors (Lipinski definition) is 0. The molecule has 0 unspecified atom stereocenters. The molecule has 0 radical (unpaired) electrons. The second-order valence-corrected chi connectivity index (χ2v) is 2.15. The van der Waals surface area contributed by atoms with Crippen molar-refractivity contribution in [2.24, 2.45) is 0 Å². The largest absolute Gasteiger partial charge is 0.381 e. The summed E-state index contributed by atoms with van der Waals surface area (Å²) in [5.74, 6) is 0. The van der Waals surface area contributed by atoms with Crippen molar-refractivity contribution in [1.29, 1.82) is 0 Å². The maximum absolute atomic E-state index is 4.84. The number of hydrogen-bond acceptors (Lipinski definition) is 1. The highest BCUT2D eigenvalue weighted by molar-refractivity contribution is 4.82. The second-order valence-electron chi connectivity index (χ2n) is 2.15. The van der Waals surface area contributed by atoms with Gasteiger partial charge >= 0.3 is 0 Å².